The van der Waals surface area contributed by atoms with Crippen molar-refractivity contribution in [3.05, 3.63) is 29.0 Å². The number of imidazole rings is 1. The third-order valence-corrected chi connectivity index (χ3v) is 5.20. The van der Waals surface area contributed by atoms with Crippen LogP contribution in [0.25, 0.3) is 11.0 Å². The first-order valence-electron chi connectivity index (χ1n) is 9.11. The predicted octanol–water partition coefficient (Wildman–Crippen LogP) is 3.66. The summed E-state index contributed by atoms with van der Waals surface area (Å²) in [5.41, 5.74) is 1.85. The summed E-state index contributed by atoms with van der Waals surface area (Å²) in [5, 5.41) is 2.99. The van der Waals surface area contributed by atoms with Crippen LogP contribution in [0.2, 0.25) is 0 Å². The minimum atomic E-state index is -0.463. The first kappa shape index (κ1) is 18.9. The molecule has 0 spiro atoms. The molecule has 3 rings (SSSR count). The van der Waals surface area contributed by atoms with Crippen molar-refractivity contribution in [1.82, 2.24) is 19.4 Å². The van der Waals surface area contributed by atoms with E-state index >= 15 is 0 Å². The Balaban J connectivity index is 1.59. The molecule has 0 radical (unpaired) electrons. The fraction of sp³-hybridized carbons (Fsp3) is 0.579. The fourth-order valence-corrected chi connectivity index (χ4v) is 3.65. The Morgan fingerprint density at radius 2 is 1.85 bits per heavy atom. The number of carbonyl (C=O) groups is 1. The highest BCUT2D eigenvalue weighted by Crippen LogP contribution is 2.19. The summed E-state index contributed by atoms with van der Waals surface area (Å²) in [6.45, 7) is 8.26. The van der Waals surface area contributed by atoms with Gasteiger partial charge in [-0.1, -0.05) is 12.1 Å². The molecule has 2 heterocycles. The highest BCUT2D eigenvalue weighted by atomic mass is 32.1. The van der Waals surface area contributed by atoms with E-state index in [-0.39, 0.29) is 12.1 Å². The number of likely N-dealkylation sites (tertiary alicyclic amines) is 1. The van der Waals surface area contributed by atoms with Gasteiger partial charge in [-0.15, -0.1) is 0 Å². The van der Waals surface area contributed by atoms with E-state index in [1.54, 1.807) is 0 Å². The Morgan fingerprint density at radius 3 is 2.46 bits per heavy atom. The van der Waals surface area contributed by atoms with Crippen LogP contribution in [0, 0.1) is 4.77 Å². The summed E-state index contributed by atoms with van der Waals surface area (Å²) in [7, 11) is 2.01. The highest BCUT2D eigenvalue weighted by molar-refractivity contribution is 7.71. The predicted molar refractivity (Wildman–Crippen MR) is 106 cm³/mol. The molecular weight excluding hydrogens is 348 g/mol. The van der Waals surface area contributed by atoms with Crippen LogP contribution in [0.4, 0.5) is 4.79 Å². The molecule has 6 nitrogen and oxygen atoms in total. The summed E-state index contributed by atoms with van der Waals surface area (Å²) in [6, 6.07) is 8.46. The lowest BCUT2D eigenvalue weighted by Gasteiger charge is -2.33. The lowest BCUT2D eigenvalue weighted by molar-refractivity contribution is 0.0472. The molecule has 0 unspecified atom stereocenters. The van der Waals surface area contributed by atoms with Gasteiger partial charge in [0.25, 0.3) is 0 Å². The van der Waals surface area contributed by atoms with Gasteiger partial charge >= 0.3 is 6.09 Å². The van der Waals surface area contributed by atoms with E-state index in [0.717, 1.165) is 48.4 Å². The number of hydrogen-bond donors (Lipinski definition) is 1. The maximum Gasteiger partial charge on any atom is 0.407 e. The monoisotopic (exact) mass is 376 g/mol. The molecule has 1 fully saturated rings. The van der Waals surface area contributed by atoms with Crippen LogP contribution < -0.4 is 5.32 Å². The lowest BCUT2D eigenvalue weighted by Crippen LogP contribution is -2.46. The molecule has 1 N–H and O–H groups in total. The molecule has 2 aromatic rings. The minimum Gasteiger partial charge on any atom is -0.444 e. The molecule has 26 heavy (non-hydrogen) atoms. The fourth-order valence-electron chi connectivity index (χ4n) is 3.39. The van der Waals surface area contributed by atoms with Crippen molar-refractivity contribution in [3.63, 3.8) is 0 Å². The van der Waals surface area contributed by atoms with Gasteiger partial charge in [0.05, 0.1) is 17.7 Å². The third kappa shape index (κ3) is 4.27. The van der Waals surface area contributed by atoms with Crippen molar-refractivity contribution in [3.8, 4) is 0 Å². The van der Waals surface area contributed by atoms with Crippen molar-refractivity contribution >= 4 is 29.3 Å². The number of carbonyl (C=O) groups excluding carboxylic acids is 1. The molecule has 142 valence electrons. The van der Waals surface area contributed by atoms with Crippen molar-refractivity contribution in [1.29, 1.82) is 0 Å². The number of alkyl carbamates (subject to hydrolysis) is 1. The topological polar surface area (TPSA) is 51.4 Å². The molecule has 1 aromatic carbocycles. The van der Waals surface area contributed by atoms with Gasteiger partial charge in [0, 0.05) is 26.2 Å². The summed E-state index contributed by atoms with van der Waals surface area (Å²) in [4.78, 5) is 14.3. The van der Waals surface area contributed by atoms with E-state index in [1.807, 2.05) is 40.0 Å². The number of rotatable bonds is 3. The van der Waals surface area contributed by atoms with Crippen LogP contribution in [-0.4, -0.2) is 44.9 Å². The van der Waals surface area contributed by atoms with Gasteiger partial charge in [0.2, 0.25) is 0 Å². The van der Waals surface area contributed by atoms with Gasteiger partial charge < -0.3 is 19.2 Å². The quantitative estimate of drug-likeness (QED) is 0.831. The maximum absolute atomic E-state index is 11.9. The Kier molecular flexibility index (Phi) is 5.39. The van der Waals surface area contributed by atoms with Crippen LogP contribution in [0.1, 0.15) is 33.6 Å². The van der Waals surface area contributed by atoms with Crippen LogP contribution in [-0.2, 0) is 18.5 Å². The zero-order chi connectivity index (χ0) is 18.9. The standard InChI is InChI=1S/C19H28N4O2S/c1-19(2,3)25-17(24)20-14-9-11-22(12-10-14)13-23-16-8-6-5-7-15(16)21(4)18(23)26/h5-8,14H,9-13H2,1-4H3,(H,20,24). The molecule has 0 bridgehead atoms. The van der Waals surface area contributed by atoms with Crippen LogP contribution in [0.3, 0.4) is 0 Å². The number of piperidine rings is 1. The number of nitrogens with one attached hydrogen (secondary N) is 1. The van der Waals surface area contributed by atoms with E-state index < -0.39 is 5.60 Å². The molecule has 1 aliphatic heterocycles. The number of ether oxygens (including phenoxy) is 1. The number of benzene rings is 1. The second kappa shape index (κ2) is 7.40. The van der Waals surface area contributed by atoms with Crippen LogP contribution in [0.5, 0.6) is 0 Å². The molecule has 1 aliphatic rings. The van der Waals surface area contributed by atoms with E-state index in [9.17, 15) is 4.79 Å². The Hall–Kier alpha value is -1.86. The van der Waals surface area contributed by atoms with Crippen LogP contribution in [0.15, 0.2) is 24.3 Å². The molecular formula is C19H28N4O2S. The molecule has 7 heteroatoms. The van der Waals surface area contributed by atoms with Crippen molar-refractivity contribution < 1.29 is 9.53 Å². The average molecular weight is 377 g/mol. The SMILES string of the molecule is Cn1c(=S)n(CN2CCC(NC(=O)OC(C)(C)C)CC2)c2ccccc21. The summed E-state index contributed by atoms with van der Waals surface area (Å²) >= 11 is 5.62. The first-order valence-corrected chi connectivity index (χ1v) is 9.51. The largest absolute Gasteiger partial charge is 0.444 e. The van der Waals surface area contributed by atoms with E-state index in [1.165, 1.54) is 0 Å². The Bertz CT molecular complexity index is 841. The van der Waals surface area contributed by atoms with Crippen molar-refractivity contribution in [2.75, 3.05) is 13.1 Å². The van der Waals surface area contributed by atoms with Gasteiger partial charge in [0.1, 0.15) is 5.60 Å². The number of amides is 1. The Morgan fingerprint density at radius 1 is 1.23 bits per heavy atom. The minimum absolute atomic E-state index is 0.168. The normalized spacial score (nSPS) is 16.8. The van der Waals surface area contributed by atoms with Gasteiger partial charge in [-0.05, 0) is 58.0 Å². The van der Waals surface area contributed by atoms with E-state index in [4.69, 9.17) is 17.0 Å². The maximum atomic E-state index is 11.9. The second-order valence-electron chi connectivity index (χ2n) is 7.94. The molecule has 1 aromatic heterocycles. The van der Waals surface area contributed by atoms with Gasteiger partial charge in [-0.2, -0.15) is 0 Å². The smallest absolute Gasteiger partial charge is 0.407 e. The van der Waals surface area contributed by atoms with Crippen molar-refractivity contribution in [2.24, 2.45) is 7.05 Å². The lowest BCUT2D eigenvalue weighted by atomic mass is 10.1. The molecule has 1 amide bonds. The third-order valence-electron chi connectivity index (χ3n) is 4.70. The number of para-hydroxylation sites is 2. The number of aryl methyl sites for hydroxylation is 1. The number of fused-ring (bicyclic) bond motifs is 1. The highest BCUT2D eigenvalue weighted by Gasteiger charge is 2.24. The zero-order valence-electron chi connectivity index (χ0n) is 16.0. The molecule has 0 atom stereocenters. The number of nitrogens with zero attached hydrogens (tertiary/aromatic N) is 3. The number of hydrogen-bond acceptors (Lipinski definition) is 4. The Labute approximate surface area is 159 Å². The average Bonchev–Trinajstić information content (AvgIpc) is 2.80. The van der Waals surface area contributed by atoms with E-state index in [2.05, 4.69) is 31.5 Å². The molecule has 0 aliphatic carbocycles. The van der Waals surface area contributed by atoms with Crippen molar-refractivity contribution in [2.45, 2.75) is 51.9 Å². The van der Waals surface area contributed by atoms with Gasteiger partial charge in [0.15, 0.2) is 4.77 Å². The number of aromatic nitrogens is 2. The summed E-state index contributed by atoms with van der Waals surface area (Å²) in [6.07, 6.45) is 1.50. The molecule has 0 saturated carbocycles. The second-order valence-corrected chi connectivity index (χ2v) is 8.30. The summed E-state index contributed by atoms with van der Waals surface area (Å²) < 4.78 is 10.4. The van der Waals surface area contributed by atoms with Gasteiger partial charge in [-0.3, -0.25) is 4.90 Å². The summed E-state index contributed by atoms with van der Waals surface area (Å²) in [5.74, 6) is 0. The van der Waals surface area contributed by atoms with E-state index in [0.29, 0.717) is 0 Å². The zero-order valence-corrected chi connectivity index (χ0v) is 16.8. The molecule has 1 saturated heterocycles. The van der Waals surface area contributed by atoms with Crippen LogP contribution >= 0.6 is 12.2 Å². The van der Waals surface area contributed by atoms with Gasteiger partial charge in [-0.25, -0.2) is 4.79 Å². The first-order chi connectivity index (χ1) is 12.2.